The van der Waals surface area contributed by atoms with E-state index in [2.05, 4.69) is 37.7 Å². The summed E-state index contributed by atoms with van der Waals surface area (Å²) in [7, 11) is 0. The summed E-state index contributed by atoms with van der Waals surface area (Å²) < 4.78 is 1.03. The van der Waals surface area contributed by atoms with Crippen molar-refractivity contribution >= 4 is 50.3 Å². The molecule has 0 aliphatic carbocycles. The largest absolute Gasteiger partial charge is 0.506 e. The van der Waals surface area contributed by atoms with Gasteiger partial charge in [0.15, 0.2) is 5.11 Å². The number of hydrogen-bond acceptors (Lipinski definition) is 4. The Hall–Kier alpha value is -1.96. The monoisotopic (exact) mass is 431 g/mol. The Kier molecular flexibility index (Phi) is 4.45. The Morgan fingerprint density at radius 2 is 2.00 bits per heavy atom. The number of rotatable bonds is 3. The van der Waals surface area contributed by atoms with Crippen molar-refractivity contribution < 1.29 is 5.11 Å². The van der Waals surface area contributed by atoms with Crippen molar-refractivity contribution in [3.05, 3.63) is 75.2 Å². The molecule has 0 saturated carbocycles. The molecule has 1 fully saturated rings. The second-order valence-electron chi connectivity index (χ2n) is 5.65. The van der Waals surface area contributed by atoms with Gasteiger partial charge in [0.1, 0.15) is 5.75 Å². The van der Waals surface area contributed by atoms with Crippen LogP contribution < -0.4 is 10.2 Å². The van der Waals surface area contributed by atoms with E-state index in [0.717, 1.165) is 15.0 Å². The standard InChI is InChI=1S/C18H14BrN3OS2/c19-11-9-15(25-10-11)17-16(12-5-3-4-8-20-12)21-18(24)22(17)13-6-1-2-7-14(13)23/h1-10,16-17,23H,(H,21,24)/t16-,17+/m1/s1. The SMILES string of the molecule is Oc1ccccc1N1C(=S)N[C@H](c2ccccn2)[C@@H]1c1cc(Br)cs1. The van der Waals surface area contributed by atoms with E-state index in [0.29, 0.717) is 10.8 Å². The lowest BCUT2D eigenvalue weighted by molar-refractivity contribution is 0.473. The Bertz CT molecular complexity index is 915. The smallest absolute Gasteiger partial charge is 0.174 e. The summed E-state index contributed by atoms with van der Waals surface area (Å²) in [6, 6.07) is 15.0. The molecule has 4 rings (SSSR count). The highest BCUT2D eigenvalue weighted by molar-refractivity contribution is 9.10. The zero-order chi connectivity index (χ0) is 17.4. The summed E-state index contributed by atoms with van der Waals surface area (Å²) in [5, 5.41) is 16.4. The van der Waals surface area contributed by atoms with Gasteiger partial charge in [0.05, 0.1) is 23.5 Å². The predicted molar refractivity (Wildman–Crippen MR) is 108 cm³/mol. The molecule has 25 heavy (non-hydrogen) atoms. The number of phenolic OH excluding ortho intramolecular Hbond substituents is 1. The molecular formula is C18H14BrN3OS2. The minimum absolute atomic E-state index is 0.0907. The number of nitrogens with zero attached hydrogens (tertiary/aromatic N) is 2. The second kappa shape index (κ2) is 6.74. The zero-order valence-electron chi connectivity index (χ0n) is 13.0. The molecule has 4 nitrogen and oxygen atoms in total. The Balaban J connectivity index is 1.85. The van der Waals surface area contributed by atoms with Gasteiger partial charge >= 0.3 is 0 Å². The first-order chi connectivity index (χ1) is 12.1. The molecule has 0 unspecified atom stereocenters. The number of pyridine rings is 1. The average Bonchev–Trinajstić information content (AvgIpc) is 3.19. The highest BCUT2D eigenvalue weighted by Gasteiger charge is 2.42. The molecule has 3 heterocycles. The molecule has 2 N–H and O–H groups in total. The van der Waals surface area contributed by atoms with Gasteiger partial charge in [-0.15, -0.1) is 11.3 Å². The number of thiocarbonyl (C=S) groups is 1. The van der Waals surface area contributed by atoms with Crippen molar-refractivity contribution in [3.8, 4) is 5.75 Å². The first-order valence-electron chi connectivity index (χ1n) is 7.68. The van der Waals surface area contributed by atoms with Crippen molar-refractivity contribution in [3.63, 3.8) is 0 Å². The molecule has 2 aromatic heterocycles. The van der Waals surface area contributed by atoms with Crippen molar-refractivity contribution in [1.29, 1.82) is 0 Å². The van der Waals surface area contributed by atoms with Crippen LogP contribution in [-0.2, 0) is 0 Å². The first-order valence-corrected chi connectivity index (χ1v) is 9.76. The number of halogens is 1. The summed E-state index contributed by atoms with van der Waals surface area (Å²) in [6.45, 7) is 0. The second-order valence-corrected chi connectivity index (χ2v) is 7.90. The van der Waals surface area contributed by atoms with Gasteiger partial charge in [-0.05, 0) is 58.5 Å². The molecule has 0 spiro atoms. The summed E-state index contributed by atoms with van der Waals surface area (Å²) in [6.07, 6.45) is 1.78. The summed E-state index contributed by atoms with van der Waals surface area (Å²) in [5.41, 5.74) is 1.60. The molecule has 0 bridgehead atoms. The Morgan fingerprint density at radius 3 is 2.68 bits per heavy atom. The fraction of sp³-hybridized carbons (Fsp3) is 0.111. The van der Waals surface area contributed by atoms with E-state index < -0.39 is 0 Å². The van der Waals surface area contributed by atoms with Gasteiger partial charge in [-0.1, -0.05) is 18.2 Å². The molecule has 0 amide bonds. The fourth-order valence-corrected chi connectivity index (χ4v) is 4.96. The third kappa shape index (κ3) is 3.03. The molecule has 1 aliphatic rings. The quantitative estimate of drug-likeness (QED) is 0.583. The molecule has 3 aromatic rings. The number of phenols is 1. The number of para-hydroxylation sites is 2. The van der Waals surface area contributed by atoms with E-state index in [1.807, 2.05) is 35.2 Å². The van der Waals surface area contributed by atoms with Crippen molar-refractivity contribution in [1.82, 2.24) is 10.3 Å². The van der Waals surface area contributed by atoms with E-state index in [1.165, 1.54) is 0 Å². The number of aromatic nitrogens is 1. The van der Waals surface area contributed by atoms with Crippen LogP contribution in [0.25, 0.3) is 0 Å². The van der Waals surface area contributed by atoms with Gasteiger partial charge in [0.25, 0.3) is 0 Å². The number of benzene rings is 1. The van der Waals surface area contributed by atoms with Gasteiger partial charge in [-0.2, -0.15) is 0 Å². The lowest BCUT2D eigenvalue weighted by atomic mass is 10.0. The average molecular weight is 432 g/mol. The van der Waals surface area contributed by atoms with Gasteiger partial charge in [0.2, 0.25) is 0 Å². The van der Waals surface area contributed by atoms with Crippen LogP contribution in [-0.4, -0.2) is 15.2 Å². The van der Waals surface area contributed by atoms with Crippen molar-refractivity contribution in [2.75, 3.05) is 4.90 Å². The predicted octanol–water partition coefficient (Wildman–Crippen LogP) is 4.79. The van der Waals surface area contributed by atoms with Crippen LogP contribution in [0.3, 0.4) is 0 Å². The van der Waals surface area contributed by atoms with Gasteiger partial charge < -0.3 is 15.3 Å². The van der Waals surface area contributed by atoms with E-state index in [-0.39, 0.29) is 17.8 Å². The van der Waals surface area contributed by atoms with Crippen LogP contribution in [0.1, 0.15) is 22.7 Å². The molecule has 7 heteroatoms. The summed E-state index contributed by atoms with van der Waals surface area (Å²) in [5.74, 6) is 0.203. The number of thiophene rings is 1. The summed E-state index contributed by atoms with van der Waals surface area (Å²) in [4.78, 5) is 7.62. The number of hydrogen-bond donors (Lipinski definition) is 2. The van der Waals surface area contributed by atoms with Crippen LogP contribution in [0.15, 0.2) is 64.6 Å². The van der Waals surface area contributed by atoms with E-state index in [9.17, 15) is 5.11 Å². The maximum Gasteiger partial charge on any atom is 0.174 e. The zero-order valence-corrected chi connectivity index (χ0v) is 16.2. The molecule has 0 radical (unpaired) electrons. The molecule has 2 atom stereocenters. The minimum Gasteiger partial charge on any atom is -0.506 e. The third-order valence-corrected chi connectivity index (χ3v) is 6.20. The van der Waals surface area contributed by atoms with Crippen LogP contribution in [0, 0.1) is 0 Å². The summed E-state index contributed by atoms with van der Waals surface area (Å²) >= 11 is 10.8. The van der Waals surface area contributed by atoms with E-state index in [4.69, 9.17) is 12.2 Å². The lowest BCUT2D eigenvalue weighted by Crippen LogP contribution is -2.29. The highest BCUT2D eigenvalue weighted by Crippen LogP contribution is 2.45. The molecule has 1 saturated heterocycles. The van der Waals surface area contributed by atoms with Gasteiger partial charge in [-0.25, -0.2) is 0 Å². The first kappa shape index (κ1) is 16.5. The fourth-order valence-electron chi connectivity index (χ4n) is 3.05. The maximum absolute atomic E-state index is 10.4. The maximum atomic E-state index is 10.4. The number of nitrogens with one attached hydrogen (secondary N) is 1. The van der Waals surface area contributed by atoms with E-state index in [1.54, 1.807) is 29.7 Å². The van der Waals surface area contributed by atoms with Crippen LogP contribution >= 0.6 is 39.5 Å². The van der Waals surface area contributed by atoms with E-state index >= 15 is 0 Å². The van der Waals surface area contributed by atoms with Gasteiger partial charge in [0, 0.05) is 20.9 Å². The van der Waals surface area contributed by atoms with Crippen molar-refractivity contribution in [2.24, 2.45) is 0 Å². The van der Waals surface area contributed by atoms with Crippen LogP contribution in [0.5, 0.6) is 5.75 Å². The number of aromatic hydroxyl groups is 1. The Labute approximate surface area is 163 Å². The minimum atomic E-state index is -0.0983. The number of anilines is 1. The van der Waals surface area contributed by atoms with Crippen LogP contribution in [0.2, 0.25) is 0 Å². The lowest BCUT2D eigenvalue weighted by Gasteiger charge is -2.27. The van der Waals surface area contributed by atoms with Crippen LogP contribution in [0.4, 0.5) is 5.69 Å². The van der Waals surface area contributed by atoms with Crippen molar-refractivity contribution in [2.45, 2.75) is 12.1 Å². The van der Waals surface area contributed by atoms with Gasteiger partial charge in [-0.3, -0.25) is 4.98 Å². The molecule has 1 aromatic carbocycles. The molecule has 1 aliphatic heterocycles. The third-order valence-electron chi connectivity index (χ3n) is 4.12. The normalized spacial score (nSPS) is 19.9. The molecule has 126 valence electrons. The highest BCUT2D eigenvalue weighted by atomic mass is 79.9. The Morgan fingerprint density at radius 1 is 1.20 bits per heavy atom. The molecular weight excluding hydrogens is 418 g/mol. The topological polar surface area (TPSA) is 48.4 Å².